The van der Waals surface area contributed by atoms with Crippen molar-refractivity contribution in [3.8, 4) is 0 Å². The summed E-state index contributed by atoms with van der Waals surface area (Å²) in [5, 5.41) is 0. The van der Waals surface area contributed by atoms with Gasteiger partial charge in [-0.25, -0.2) is 9.78 Å². The minimum atomic E-state index is -0.338. The number of esters is 1. The monoisotopic (exact) mass is 296 g/mol. The highest BCUT2D eigenvalue weighted by molar-refractivity contribution is 9.10. The second kappa shape index (κ2) is 4.49. The molecule has 0 aliphatic rings. The van der Waals surface area contributed by atoms with E-state index in [4.69, 9.17) is 4.74 Å². The number of ether oxygens (including phenoxy) is 1. The second-order valence-electron chi connectivity index (χ2n) is 3.80. The number of hydrogen-bond acceptors (Lipinski definition) is 3. The molecule has 90 valence electrons. The van der Waals surface area contributed by atoms with E-state index < -0.39 is 0 Å². The maximum atomic E-state index is 11.9. The van der Waals surface area contributed by atoms with Crippen molar-refractivity contribution in [3.05, 3.63) is 33.7 Å². The predicted octanol–water partition coefficient (Wildman–Crippen LogP) is 2.89. The highest BCUT2D eigenvalue weighted by atomic mass is 79.9. The molecular formula is C12H13BrN2O2. The van der Waals surface area contributed by atoms with E-state index in [1.165, 1.54) is 0 Å². The fraction of sp³-hybridized carbons (Fsp3) is 0.333. The van der Waals surface area contributed by atoms with E-state index in [2.05, 4.69) is 20.9 Å². The van der Waals surface area contributed by atoms with Gasteiger partial charge >= 0.3 is 5.97 Å². The zero-order valence-corrected chi connectivity index (χ0v) is 11.5. The number of aromatic nitrogens is 2. The Hall–Kier alpha value is -1.36. The number of nitrogens with zero attached hydrogens (tertiary/aromatic N) is 2. The van der Waals surface area contributed by atoms with E-state index >= 15 is 0 Å². The summed E-state index contributed by atoms with van der Waals surface area (Å²) in [7, 11) is 0. The number of imidazole rings is 1. The number of rotatable bonds is 2. The number of carbonyl (C=O) groups is 1. The molecule has 0 saturated carbocycles. The zero-order valence-electron chi connectivity index (χ0n) is 9.95. The van der Waals surface area contributed by atoms with Crippen molar-refractivity contribution in [2.24, 2.45) is 0 Å². The topological polar surface area (TPSA) is 43.6 Å². The van der Waals surface area contributed by atoms with Crippen LogP contribution >= 0.6 is 15.9 Å². The Morgan fingerprint density at radius 1 is 1.53 bits per heavy atom. The van der Waals surface area contributed by atoms with Gasteiger partial charge in [0.05, 0.1) is 12.3 Å². The van der Waals surface area contributed by atoms with Crippen LogP contribution in [0.25, 0.3) is 5.65 Å². The lowest BCUT2D eigenvalue weighted by Gasteiger charge is -2.04. The average molecular weight is 297 g/mol. The predicted molar refractivity (Wildman–Crippen MR) is 68.3 cm³/mol. The average Bonchev–Trinajstić information content (AvgIpc) is 2.55. The normalized spacial score (nSPS) is 10.8. The van der Waals surface area contributed by atoms with Crippen molar-refractivity contribution in [2.45, 2.75) is 20.8 Å². The first-order chi connectivity index (χ1) is 8.04. The van der Waals surface area contributed by atoms with Crippen molar-refractivity contribution >= 4 is 27.5 Å². The summed E-state index contributed by atoms with van der Waals surface area (Å²) in [4.78, 5) is 16.3. The van der Waals surface area contributed by atoms with E-state index in [1.807, 2.05) is 26.1 Å². The number of pyridine rings is 1. The molecule has 0 aromatic carbocycles. The molecule has 0 unspecified atom stereocenters. The standard InChI is InChI=1S/C12H13BrN2O2/c1-4-17-12(16)10-8(3)14-11-7(2)5-9(13)6-15(10)11/h5-6H,4H2,1-3H3. The molecule has 4 nitrogen and oxygen atoms in total. The second-order valence-corrected chi connectivity index (χ2v) is 4.72. The van der Waals surface area contributed by atoms with Crippen molar-refractivity contribution < 1.29 is 9.53 Å². The molecule has 0 radical (unpaired) electrons. The molecule has 0 atom stereocenters. The summed E-state index contributed by atoms with van der Waals surface area (Å²) in [6.07, 6.45) is 1.83. The third kappa shape index (κ3) is 2.07. The van der Waals surface area contributed by atoms with Gasteiger partial charge in [-0.05, 0) is 48.3 Å². The Balaban J connectivity index is 2.70. The summed E-state index contributed by atoms with van der Waals surface area (Å²) in [6.45, 7) is 5.92. The first kappa shape index (κ1) is 12.1. The Labute approximate surface area is 108 Å². The van der Waals surface area contributed by atoms with Crippen LogP contribution in [-0.2, 0) is 4.74 Å². The van der Waals surface area contributed by atoms with Gasteiger partial charge < -0.3 is 4.74 Å². The lowest BCUT2D eigenvalue weighted by molar-refractivity contribution is 0.0517. The van der Waals surface area contributed by atoms with Crippen LogP contribution in [0.4, 0.5) is 0 Å². The molecule has 0 aliphatic heterocycles. The first-order valence-corrected chi connectivity index (χ1v) is 6.15. The van der Waals surface area contributed by atoms with E-state index in [9.17, 15) is 4.79 Å². The van der Waals surface area contributed by atoms with Crippen molar-refractivity contribution in [1.82, 2.24) is 9.38 Å². The number of carbonyl (C=O) groups excluding carboxylic acids is 1. The summed E-state index contributed by atoms with van der Waals surface area (Å²) < 4.78 is 7.72. The molecule has 0 spiro atoms. The van der Waals surface area contributed by atoms with E-state index in [0.29, 0.717) is 18.0 Å². The van der Waals surface area contributed by atoms with Crippen molar-refractivity contribution in [1.29, 1.82) is 0 Å². The van der Waals surface area contributed by atoms with Gasteiger partial charge in [0.15, 0.2) is 5.69 Å². The molecular weight excluding hydrogens is 284 g/mol. The lowest BCUT2D eigenvalue weighted by Crippen LogP contribution is -2.09. The molecule has 5 heteroatoms. The number of fused-ring (bicyclic) bond motifs is 1. The van der Waals surface area contributed by atoms with Crippen LogP contribution in [-0.4, -0.2) is 22.0 Å². The molecule has 17 heavy (non-hydrogen) atoms. The Morgan fingerprint density at radius 2 is 2.24 bits per heavy atom. The van der Waals surface area contributed by atoms with Crippen LogP contribution in [0.2, 0.25) is 0 Å². The highest BCUT2D eigenvalue weighted by Crippen LogP contribution is 2.20. The molecule has 2 heterocycles. The van der Waals surface area contributed by atoms with E-state index in [0.717, 1.165) is 15.7 Å². The number of aryl methyl sites for hydroxylation is 2. The molecule has 0 saturated heterocycles. The largest absolute Gasteiger partial charge is 0.461 e. The van der Waals surface area contributed by atoms with Crippen molar-refractivity contribution in [2.75, 3.05) is 6.61 Å². The molecule has 0 amide bonds. The molecule has 2 aromatic heterocycles. The van der Waals surface area contributed by atoms with Crippen LogP contribution < -0.4 is 0 Å². The first-order valence-electron chi connectivity index (χ1n) is 5.36. The van der Waals surface area contributed by atoms with Gasteiger partial charge in [0.2, 0.25) is 0 Å². The van der Waals surface area contributed by atoms with Gasteiger partial charge in [-0.3, -0.25) is 4.40 Å². The maximum Gasteiger partial charge on any atom is 0.357 e. The zero-order chi connectivity index (χ0) is 12.6. The lowest BCUT2D eigenvalue weighted by atomic mass is 10.3. The summed E-state index contributed by atoms with van der Waals surface area (Å²) in [6, 6.07) is 1.97. The van der Waals surface area contributed by atoms with Gasteiger partial charge in [0.1, 0.15) is 5.65 Å². The van der Waals surface area contributed by atoms with Crippen molar-refractivity contribution in [3.63, 3.8) is 0 Å². The Morgan fingerprint density at radius 3 is 2.88 bits per heavy atom. The quantitative estimate of drug-likeness (QED) is 0.801. The number of hydrogen-bond donors (Lipinski definition) is 0. The molecule has 2 rings (SSSR count). The molecule has 2 aromatic rings. The minimum absolute atomic E-state index is 0.338. The third-order valence-corrected chi connectivity index (χ3v) is 2.95. The van der Waals surface area contributed by atoms with Gasteiger partial charge in [-0.2, -0.15) is 0 Å². The van der Waals surface area contributed by atoms with Crippen LogP contribution in [0, 0.1) is 13.8 Å². The number of halogens is 1. The van der Waals surface area contributed by atoms with E-state index in [1.54, 1.807) is 11.3 Å². The summed E-state index contributed by atoms with van der Waals surface area (Å²) >= 11 is 3.41. The van der Waals surface area contributed by atoms with Gasteiger partial charge in [-0.1, -0.05) is 0 Å². The molecule has 0 N–H and O–H groups in total. The van der Waals surface area contributed by atoms with Gasteiger partial charge in [0, 0.05) is 10.7 Å². The SMILES string of the molecule is CCOC(=O)c1c(C)nc2c(C)cc(Br)cn12. The van der Waals surface area contributed by atoms with E-state index in [-0.39, 0.29) is 5.97 Å². The third-order valence-electron chi connectivity index (χ3n) is 2.51. The van der Waals surface area contributed by atoms with Crippen LogP contribution in [0.3, 0.4) is 0 Å². The maximum absolute atomic E-state index is 11.9. The fourth-order valence-corrected chi connectivity index (χ4v) is 2.38. The van der Waals surface area contributed by atoms with Gasteiger partial charge in [-0.15, -0.1) is 0 Å². The Kier molecular flexibility index (Phi) is 3.19. The van der Waals surface area contributed by atoms with Gasteiger partial charge in [0.25, 0.3) is 0 Å². The Bertz CT molecular complexity index is 590. The van der Waals surface area contributed by atoms with Crippen LogP contribution in [0.15, 0.2) is 16.7 Å². The minimum Gasteiger partial charge on any atom is -0.461 e. The van der Waals surface area contributed by atoms with Crippen LogP contribution in [0.1, 0.15) is 28.7 Å². The molecule has 0 bridgehead atoms. The fourth-order valence-electron chi connectivity index (χ4n) is 1.83. The highest BCUT2D eigenvalue weighted by Gasteiger charge is 2.18. The summed E-state index contributed by atoms with van der Waals surface area (Å²) in [5.41, 5.74) is 2.97. The smallest absolute Gasteiger partial charge is 0.357 e. The summed E-state index contributed by atoms with van der Waals surface area (Å²) in [5.74, 6) is -0.338. The molecule has 0 aliphatic carbocycles. The van der Waals surface area contributed by atoms with Crippen LogP contribution in [0.5, 0.6) is 0 Å². The molecule has 0 fully saturated rings.